The van der Waals surface area contributed by atoms with E-state index in [-0.39, 0.29) is 29.8 Å². The van der Waals surface area contributed by atoms with Crippen LogP contribution in [0.15, 0.2) is 29.2 Å². The highest BCUT2D eigenvalue weighted by molar-refractivity contribution is 7.89. The Balaban J connectivity index is 1.44. The van der Waals surface area contributed by atoms with Gasteiger partial charge in [-0.15, -0.1) is 11.3 Å². The smallest absolute Gasteiger partial charge is 0.341 e. The van der Waals surface area contributed by atoms with Crippen LogP contribution in [-0.4, -0.2) is 44.8 Å². The maximum atomic E-state index is 13.0. The van der Waals surface area contributed by atoms with Crippen molar-refractivity contribution in [1.82, 2.24) is 4.31 Å². The maximum absolute atomic E-state index is 13.0. The summed E-state index contributed by atoms with van der Waals surface area (Å²) in [5.74, 6) is -0.933. The van der Waals surface area contributed by atoms with E-state index in [0.717, 1.165) is 36.1 Å². The van der Waals surface area contributed by atoms with Crippen molar-refractivity contribution >= 4 is 49.8 Å². The molecule has 1 aromatic heterocycles. The fraction of sp³-hybridized carbons (Fsp3) is 0.455. The largest absolute Gasteiger partial charge is 0.465 e. The molecule has 1 amide bonds. The second-order valence-corrected chi connectivity index (χ2v) is 11.5. The Hall–Kier alpha value is -1.94. The first-order chi connectivity index (χ1) is 15.3. The zero-order chi connectivity index (χ0) is 22.9. The molecule has 0 bridgehead atoms. The van der Waals surface area contributed by atoms with E-state index in [9.17, 15) is 18.0 Å². The molecule has 0 unspecified atom stereocenters. The van der Waals surface area contributed by atoms with Crippen molar-refractivity contribution in [1.29, 1.82) is 0 Å². The lowest BCUT2D eigenvalue weighted by Gasteiger charge is -2.30. The number of amides is 1. The number of hydrogen-bond acceptors (Lipinski definition) is 6. The van der Waals surface area contributed by atoms with Crippen molar-refractivity contribution in [2.75, 3.05) is 25.5 Å². The zero-order valence-corrected chi connectivity index (χ0v) is 20.1. The molecule has 0 atom stereocenters. The van der Waals surface area contributed by atoms with Gasteiger partial charge in [-0.25, -0.2) is 13.2 Å². The molecule has 0 saturated carbocycles. The number of thiophene rings is 1. The molecule has 0 spiro atoms. The summed E-state index contributed by atoms with van der Waals surface area (Å²) in [6.45, 7) is 0.516. The van der Waals surface area contributed by atoms with Crippen molar-refractivity contribution in [2.24, 2.45) is 5.92 Å². The molecule has 1 fully saturated rings. The van der Waals surface area contributed by atoms with Gasteiger partial charge in [0.15, 0.2) is 0 Å². The number of hydrogen-bond donors (Lipinski definition) is 1. The first-order valence-corrected chi connectivity index (χ1v) is 13.2. The summed E-state index contributed by atoms with van der Waals surface area (Å²) in [6.07, 6.45) is 4.63. The minimum atomic E-state index is -3.63. The molecule has 1 aliphatic heterocycles. The Morgan fingerprint density at radius 2 is 1.78 bits per heavy atom. The van der Waals surface area contributed by atoms with Crippen LogP contribution in [0.4, 0.5) is 5.00 Å². The number of nitrogens with zero attached hydrogens (tertiary/aromatic N) is 1. The molecule has 0 radical (unpaired) electrons. The number of carbonyl (C=O) groups is 2. The number of halogens is 1. The monoisotopic (exact) mass is 496 g/mol. The number of rotatable bonds is 5. The Bertz CT molecular complexity index is 1120. The molecule has 7 nitrogen and oxygen atoms in total. The predicted octanol–water partition coefficient (Wildman–Crippen LogP) is 4.11. The van der Waals surface area contributed by atoms with Crippen LogP contribution >= 0.6 is 22.9 Å². The Morgan fingerprint density at radius 3 is 2.44 bits per heavy atom. The fourth-order valence-electron chi connectivity index (χ4n) is 4.30. The Morgan fingerprint density at radius 1 is 1.12 bits per heavy atom. The molecule has 10 heteroatoms. The lowest BCUT2D eigenvalue weighted by molar-refractivity contribution is -0.120. The lowest BCUT2D eigenvalue weighted by Crippen LogP contribution is -2.41. The number of piperidine rings is 1. The maximum Gasteiger partial charge on any atom is 0.341 e. The summed E-state index contributed by atoms with van der Waals surface area (Å²) in [6, 6.07) is 6.08. The third kappa shape index (κ3) is 4.57. The first kappa shape index (κ1) is 23.2. The van der Waals surface area contributed by atoms with Gasteiger partial charge in [0.25, 0.3) is 0 Å². The van der Waals surface area contributed by atoms with E-state index in [2.05, 4.69) is 5.32 Å². The van der Waals surface area contributed by atoms with Crippen molar-refractivity contribution in [2.45, 2.75) is 43.4 Å². The third-order valence-electron chi connectivity index (χ3n) is 6.07. The predicted molar refractivity (Wildman–Crippen MR) is 124 cm³/mol. The van der Waals surface area contributed by atoms with E-state index in [4.69, 9.17) is 16.3 Å². The van der Waals surface area contributed by atoms with Gasteiger partial charge in [-0.05, 0) is 68.4 Å². The molecule has 1 N–H and O–H groups in total. The van der Waals surface area contributed by atoms with E-state index in [0.29, 0.717) is 28.4 Å². The van der Waals surface area contributed by atoms with E-state index < -0.39 is 16.0 Å². The van der Waals surface area contributed by atoms with Crippen LogP contribution < -0.4 is 5.32 Å². The quantitative estimate of drug-likeness (QED) is 0.629. The summed E-state index contributed by atoms with van der Waals surface area (Å²) in [4.78, 5) is 26.7. The van der Waals surface area contributed by atoms with Gasteiger partial charge in [-0.2, -0.15) is 4.31 Å². The summed E-state index contributed by atoms with van der Waals surface area (Å²) >= 11 is 7.31. The Labute approximate surface area is 196 Å². The highest BCUT2D eigenvalue weighted by Gasteiger charge is 2.33. The number of ether oxygens (including phenoxy) is 1. The van der Waals surface area contributed by atoms with Gasteiger partial charge in [0.2, 0.25) is 15.9 Å². The van der Waals surface area contributed by atoms with Crippen LogP contribution in [0.5, 0.6) is 0 Å². The second kappa shape index (κ2) is 9.51. The van der Waals surface area contributed by atoms with Gasteiger partial charge >= 0.3 is 5.97 Å². The molecule has 1 aliphatic carbocycles. The molecule has 1 aromatic carbocycles. The van der Waals surface area contributed by atoms with E-state index in [1.807, 2.05) is 0 Å². The number of nitrogens with one attached hydrogen (secondary N) is 1. The number of methoxy groups -OCH3 is 1. The highest BCUT2D eigenvalue weighted by Crippen LogP contribution is 2.39. The summed E-state index contributed by atoms with van der Waals surface area (Å²) in [5.41, 5.74) is 1.47. The van der Waals surface area contributed by atoms with Gasteiger partial charge in [0.05, 0.1) is 17.6 Å². The SMILES string of the molecule is COC(=O)c1c(NC(=O)C2CCN(S(=O)(=O)c3ccc(Cl)cc3)CC2)sc2c1CCCC2. The number of benzene rings is 1. The van der Waals surface area contributed by atoms with Crippen LogP contribution in [0, 0.1) is 5.92 Å². The number of fused-ring (bicyclic) bond motifs is 1. The van der Waals surface area contributed by atoms with E-state index >= 15 is 0 Å². The number of anilines is 1. The van der Waals surface area contributed by atoms with Crippen molar-refractivity contribution in [3.8, 4) is 0 Å². The van der Waals surface area contributed by atoms with Crippen LogP contribution in [0.1, 0.15) is 46.5 Å². The number of sulfonamides is 1. The van der Waals surface area contributed by atoms with Gasteiger partial charge in [0.1, 0.15) is 5.00 Å². The number of aryl methyl sites for hydroxylation is 1. The average molecular weight is 497 g/mol. The van der Waals surface area contributed by atoms with Gasteiger partial charge in [-0.3, -0.25) is 4.79 Å². The topological polar surface area (TPSA) is 92.8 Å². The average Bonchev–Trinajstić information content (AvgIpc) is 3.16. The van der Waals surface area contributed by atoms with E-state index in [1.54, 1.807) is 12.1 Å². The van der Waals surface area contributed by atoms with Crippen LogP contribution in [0.25, 0.3) is 0 Å². The molecular weight excluding hydrogens is 472 g/mol. The van der Waals surface area contributed by atoms with Crippen molar-refractivity contribution in [3.63, 3.8) is 0 Å². The van der Waals surface area contributed by atoms with Crippen LogP contribution in [0.2, 0.25) is 5.02 Å². The third-order valence-corrected chi connectivity index (χ3v) is 9.45. The van der Waals surface area contributed by atoms with Crippen molar-refractivity contribution < 1.29 is 22.7 Å². The molecule has 172 valence electrons. The minimum Gasteiger partial charge on any atom is -0.465 e. The highest BCUT2D eigenvalue weighted by atomic mass is 35.5. The Kier molecular flexibility index (Phi) is 6.90. The lowest BCUT2D eigenvalue weighted by atomic mass is 9.95. The van der Waals surface area contributed by atoms with Crippen LogP contribution in [-0.2, 0) is 32.4 Å². The molecule has 2 aliphatic rings. The standard InChI is InChI=1S/C22H25ClN2O5S2/c1-30-22(27)19-17-4-2-3-5-18(17)31-21(19)24-20(26)14-10-12-25(13-11-14)32(28,29)16-8-6-15(23)7-9-16/h6-9,14H,2-5,10-13H2,1H3,(H,24,26). The van der Waals surface area contributed by atoms with Gasteiger partial charge in [-0.1, -0.05) is 11.6 Å². The summed E-state index contributed by atoms with van der Waals surface area (Å²) in [7, 11) is -2.28. The number of esters is 1. The molecule has 2 heterocycles. The number of carbonyl (C=O) groups excluding carboxylic acids is 2. The van der Waals surface area contributed by atoms with Crippen molar-refractivity contribution in [3.05, 3.63) is 45.3 Å². The molecule has 32 heavy (non-hydrogen) atoms. The van der Waals surface area contributed by atoms with E-state index in [1.165, 1.54) is 34.9 Å². The molecule has 2 aromatic rings. The molecular formula is C22H25ClN2O5S2. The van der Waals surface area contributed by atoms with Crippen LogP contribution in [0.3, 0.4) is 0 Å². The first-order valence-electron chi connectivity index (χ1n) is 10.6. The minimum absolute atomic E-state index is 0.183. The summed E-state index contributed by atoms with van der Waals surface area (Å²) in [5, 5.41) is 3.96. The molecule has 4 rings (SSSR count). The normalized spacial score (nSPS) is 17.6. The second-order valence-electron chi connectivity index (χ2n) is 8.03. The summed E-state index contributed by atoms with van der Waals surface area (Å²) < 4.78 is 32.1. The fourth-order valence-corrected chi connectivity index (χ4v) is 7.18. The van der Waals surface area contributed by atoms with Gasteiger partial charge < -0.3 is 10.1 Å². The zero-order valence-electron chi connectivity index (χ0n) is 17.7. The molecule has 1 saturated heterocycles. The van der Waals surface area contributed by atoms with Gasteiger partial charge in [0, 0.05) is 28.9 Å².